The first-order chi connectivity index (χ1) is 12.5. The molecule has 1 aliphatic rings. The standard InChI is InChI=1S/C17H17Cl2N5O2/c18-12-7-11(8-13(19)9-12)16-22-21-15-2-1-14(23-24(15)16)20-10-17(25)3-5-26-6-4-17/h1-2,7-9,25H,3-6,10H2,(H,20,23). The van der Waals surface area contributed by atoms with Crippen LogP contribution in [0.2, 0.25) is 10.0 Å². The van der Waals surface area contributed by atoms with E-state index in [1.54, 1.807) is 28.8 Å². The van der Waals surface area contributed by atoms with Gasteiger partial charge in [-0.15, -0.1) is 15.3 Å². The molecule has 0 saturated carbocycles. The van der Waals surface area contributed by atoms with Crippen LogP contribution in [0.15, 0.2) is 30.3 Å². The molecule has 4 rings (SSSR count). The zero-order chi connectivity index (χ0) is 18.1. The molecule has 7 nitrogen and oxygen atoms in total. The van der Waals surface area contributed by atoms with Gasteiger partial charge in [-0.25, -0.2) is 0 Å². The highest BCUT2D eigenvalue weighted by molar-refractivity contribution is 6.35. The molecule has 1 fully saturated rings. The summed E-state index contributed by atoms with van der Waals surface area (Å²) in [7, 11) is 0. The lowest BCUT2D eigenvalue weighted by Crippen LogP contribution is -2.42. The Labute approximate surface area is 159 Å². The van der Waals surface area contributed by atoms with Gasteiger partial charge in [0.15, 0.2) is 11.5 Å². The number of nitrogens with zero attached hydrogens (tertiary/aromatic N) is 4. The van der Waals surface area contributed by atoms with Crippen molar-refractivity contribution < 1.29 is 9.84 Å². The van der Waals surface area contributed by atoms with Crippen LogP contribution in [0.25, 0.3) is 17.0 Å². The molecule has 0 atom stereocenters. The molecular weight excluding hydrogens is 377 g/mol. The number of ether oxygens (including phenoxy) is 1. The van der Waals surface area contributed by atoms with E-state index in [-0.39, 0.29) is 0 Å². The smallest absolute Gasteiger partial charge is 0.185 e. The topological polar surface area (TPSA) is 84.6 Å². The van der Waals surface area contributed by atoms with Crippen LogP contribution in [0, 0.1) is 0 Å². The lowest BCUT2D eigenvalue weighted by Gasteiger charge is -2.32. The molecule has 9 heteroatoms. The summed E-state index contributed by atoms with van der Waals surface area (Å²) >= 11 is 12.2. The van der Waals surface area contributed by atoms with Gasteiger partial charge in [0.2, 0.25) is 0 Å². The molecule has 2 aromatic heterocycles. The second-order valence-corrected chi connectivity index (χ2v) is 7.23. The Kier molecular flexibility index (Phi) is 4.71. The molecule has 2 N–H and O–H groups in total. The van der Waals surface area contributed by atoms with E-state index < -0.39 is 5.60 Å². The SMILES string of the molecule is OC1(CNc2ccc3nnc(-c4cc(Cl)cc(Cl)c4)n3n2)CCOCC1. The minimum Gasteiger partial charge on any atom is -0.388 e. The number of aliphatic hydroxyl groups is 1. The highest BCUT2D eigenvalue weighted by Gasteiger charge is 2.29. The van der Waals surface area contributed by atoms with Crippen molar-refractivity contribution >= 4 is 34.7 Å². The number of nitrogens with one attached hydrogen (secondary N) is 1. The number of benzene rings is 1. The van der Waals surface area contributed by atoms with E-state index in [9.17, 15) is 5.11 Å². The van der Waals surface area contributed by atoms with Gasteiger partial charge in [0.25, 0.3) is 0 Å². The summed E-state index contributed by atoms with van der Waals surface area (Å²) in [5.41, 5.74) is 0.542. The van der Waals surface area contributed by atoms with Crippen molar-refractivity contribution in [2.24, 2.45) is 0 Å². The van der Waals surface area contributed by atoms with Crippen LogP contribution in [0.3, 0.4) is 0 Å². The van der Waals surface area contributed by atoms with E-state index in [4.69, 9.17) is 27.9 Å². The minimum atomic E-state index is -0.786. The van der Waals surface area contributed by atoms with Crippen molar-refractivity contribution in [2.45, 2.75) is 18.4 Å². The van der Waals surface area contributed by atoms with Crippen molar-refractivity contribution in [3.8, 4) is 11.4 Å². The quantitative estimate of drug-likeness (QED) is 0.708. The van der Waals surface area contributed by atoms with Gasteiger partial charge in [0, 0.05) is 48.2 Å². The fraction of sp³-hybridized carbons (Fsp3) is 0.353. The van der Waals surface area contributed by atoms with Crippen molar-refractivity contribution in [1.29, 1.82) is 0 Å². The second kappa shape index (κ2) is 7.00. The Bertz CT molecular complexity index is 920. The molecule has 0 radical (unpaired) electrons. The molecule has 0 aliphatic carbocycles. The van der Waals surface area contributed by atoms with E-state index in [0.29, 0.717) is 59.9 Å². The van der Waals surface area contributed by atoms with Gasteiger partial charge in [-0.05, 0) is 30.3 Å². The highest BCUT2D eigenvalue weighted by atomic mass is 35.5. The molecule has 136 valence electrons. The van der Waals surface area contributed by atoms with Crippen molar-refractivity contribution in [3.05, 3.63) is 40.4 Å². The monoisotopic (exact) mass is 393 g/mol. The summed E-state index contributed by atoms with van der Waals surface area (Å²) in [6, 6.07) is 8.80. The van der Waals surface area contributed by atoms with E-state index >= 15 is 0 Å². The molecular formula is C17H17Cl2N5O2. The maximum Gasteiger partial charge on any atom is 0.185 e. The van der Waals surface area contributed by atoms with Crippen LogP contribution in [0.5, 0.6) is 0 Å². The summed E-state index contributed by atoms with van der Waals surface area (Å²) in [6.45, 7) is 1.53. The molecule has 1 saturated heterocycles. The predicted molar refractivity (Wildman–Crippen MR) is 99.7 cm³/mol. The van der Waals surface area contributed by atoms with Crippen LogP contribution < -0.4 is 5.32 Å². The van der Waals surface area contributed by atoms with Crippen LogP contribution in [0.1, 0.15) is 12.8 Å². The largest absolute Gasteiger partial charge is 0.388 e. The minimum absolute atomic E-state index is 0.398. The average Bonchev–Trinajstić information content (AvgIpc) is 3.03. The maximum absolute atomic E-state index is 10.6. The van der Waals surface area contributed by atoms with Crippen LogP contribution in [-0.2, 0) is 4.74 Å². The predicted octanol–water partition coefficient (Wildman–Crippen LogP) is 3.05. The van der Waals surface area contributed by atoms with Crippen LogP contribution in [0.4, 0.5) is 5.82 Å². The molecule has 3 aromatic rings. The highest BCUT2D eigenvalue weighted by Crippen LogP contribution is 2.26. The first-order valence-corrected chi connectivity index (χ1v) is 9.01. The fourth-order valence-electron chi connectivity index (χ4n) is 2.93. The van der Waals surface area contributed by atoms with Gasteiger partial charge < -0.3 is 15.2 Å². The van der Waals surface area contributed by atoms with Gasteiger partial charge in [-0.3, -0.25) is 0 Å². The van der Waals surface area contributed by atoms with E-state index in [2.05, 4.69) is 20.6 Å². The third-order valence-corrected chi connectivity index (χ3v) is 4.84. The number of halogens is 2. The van der Waals surface area contributed by atoms with Crippen LogP contribution >= 0.6 is 23.2 Å². The summed E-state index contributed by atoms with van der Waals surface area (Å²) in [6.07, 6.45) is 1.20. The van der Waals surface area contributed by atoms with Gasteiger partial charge in [0.05, 0.1) is 5.60 Å². The first kappa shape index (κ1) is 17.5. The molecule has 3 heterocycles. The Morgan fingerprint density at radius 2 is 1.85 bits per heavy atom. The van der Waals surface area contributed by atoms with Crippen molar-refractivity contribution in [1.82, 2.24) is 19.8 Å². The first-order valence-electron chi connectivity index (χ1n) is 8.25. The summed E-state index contributed by atoms with van der Waals surface area (Å²) in [5, 5.41) is 27.6. The lowest BCUT2D eigenvalue weighted by molar-refractivity contribution is -0.0543. The molecule has 0 bridgehead atoms. The number of fused-ring (bicyclic) bond motifs is 1. The fourth-order valence-corrected chi connectivity index (χ4v) is 3.46. The van der Waals surface area contributed by atoms with Gasteiger partial charge in [0.1, 0.15) is 5.82 Å². The van der Waals surface area contributed by atoms with Gasteiger partial charge >= 0.3 is 0 Å². The van der Waals surface area contributed by atoms with E-state index in [1.165, 1.54) is 0 Å². The molecule has 1 aliphatic heterocycles. The Hall–Kier alpha value is -1.93. The Morgan fingerprint density at radius 3 is 2.58 bits per heavy atom. The molecule has 1 aromatic carbocycles. The van der Waals surface area contributed by atoms with Gasteiger partial charge in [-0.1, -0.05) is 23.2 Å². The molecule has 0 unspecified atom stereocenters. The van der Waals surface area contributed by atoms with E-state index in [0.717, 1.165) is 5.56 Å². The number of rotatable bonds is 4. The molecule has 26 heavy (non-hydrogen) atoms. The lowest BCUT2D eigenvalue weighted by atomic mass is 9.94. The van der Waals surface area contributed by atoms with Gasteiger partial charge in [-0.2, -0.15) is 4.52 Å². The maximum atomic E-state index is 10.6. The summed E-state index contributed by atoms with van der Waals surface area (Å²) in [5.74, 6) is 1.16. The third-order valence-electron chi connectivity index (χ3n) is 4.41. The summed E-state index contributed by atoms with van der Waals surface area (Å²) < 4.78 is 6.93. The van der Waals surface area contributed by atoms with Crippen molar-refractivity contribution in [2.75, 3.05) is 25.1 Å². The third kappa shape index (κ3) is 3.61. The summed E-state index contributed by atoms with van der Waals surface area (Å²) in [4.78, 5) is 0. The number of aromatic nitrogens is 4. The number of hydrogen-bond acceptors (Lipinski definition) is 6. The molecule has 0 spiro atoms. The second-order valence-electron chi connectivity index (χ2n) is 6.36. The van der Waals surface area contributed by atoms with Crippen LogP contribution in [-0.4, -0.2) is 50.3 Å². The Balaban J connectivity index is 1.62. The zero-order valence-electron chi connectivity index (χ0n) is 13.8. The normalized spacial score (nSPS) is 16.7. The molecule has 0 amide bonds. The average molecular weight is 394 g/mol. The zero-order valence-corrected chi connectivity index (χ0v) is 15.3. The van der Waals surface area contributed by atoms with Crippen molar-refractivity contribution in [3.63, 3.8) is 0 Å². The van der Waals surface area contributed by atoms with E-state index in [1.807, 2.05) is 6.07 Å². The Morgan fingerprint density at radius 1 is 1.12 bits per heavy atom. The number of hydrogen-bond donors (Lipinski definition) is 2. The number of anilines is 1.